The lowest BCUT2D eigenvalue weighted by molar-refractivity contribution is 0.0950. The Morgan fingerprint density at radius 1 is 1.16 bits per heavy atom. The highest BCUT2D eigenvalue weighted by Gasteiger charge is 2.09. The number of nitrogens with one attached hydrogen (secondary N) is 1. The van der Waals surface area contributed by atoms with Crippen LogP contribution in [0.3, 0.4) is 0 Å². The number of hydrogen-bond acceptors (Lipinski definition) is 4. The second-order valence-electron chi connectivity index (χ2n) is 5.61. The molecule has 1 amide bonds. The van der Waals surface area contributed by atoms with Crippen molar-refractivity contribution in [2.24, 2.45) is 0 Å². The van der Waals surface area contributed by atoms with Crippen LogP contribution in [0, 0.1) is 6.92 Å². The summed E-state index contributed by atoms with van der Waals surface area (Å²) in [5.74, 6) is 0.632. The number of carbonyl (C=O) groups is 1. The fraction of sp³-hybridized carbons (Fsp3) is 0.316. The van der Waals surface area contributed by atoms with Crippen LogP contribution in [0.15, 0.2) is 42.5 Å². The number of carbonyl (C=O) groups excluding carboxylic acids is 1. The summed E-state index contributed by atoms with van der Waals surface area (Å²) in [6, 6.07) is 12.9. The van der Waals surface area contributed by atoms with E-state index in [0.717, 1.165) is 23.3 Å². The van der Waals surface area contributed by atoms with Gasteiger partial charge in [0.05, 0.1) is 6.61 Å². The van der Waals surface area contributed by atoms with Crippen LogP contribution in [-0.4, -0.2) is 26.2 Å². The molecular weight excluding hydrogens is 340 g/mol. The first kappa shape index (κ1) is 20.8. The summed E-state index contributed by atoms with van der Waals surface area (Å²) in [6.07, 6.45) is 0.819. The van der Waals surface area contributed by atoms with Crippen molar-refractivity contribution in [2.45, 2.75) is 19.9 Å². The molecule has 5 nitrogen and oxygen atoms in total. The Morgan fingerprint density at radius 3 is 2.68 bits per heavy atom. The average molecular weight is 365 g/mol. The lowest BCUT2D eigenvalue weighted by atomic mass is 10.1. The van der Waals surface area contributed by atoms with E-state index in [1.165, 1.54) is 0 Å². The van der Waals surface area contributed by atoms with E-state index in [1.54, 1.807) is 31.4 Å². The zero-order chi connectivity index (χ0) is 17.4. The van der Waals surface area contributed by atoms with Gasteiger partial charge < -0.3 is 20.5 Å². The first-order chi connectivity index (χ1) is 11.6. The fourth-order valence-electron chi connectivity index (χ4n) is 2.29. The third-order valence-electron chi connectivity index (χ3n) is 3.56. The predicted molar refractivity (Wildman–Crippen MR) is 102 cm³/mol. The number of amides is 1. The highest BCUT2D eigenvalue weighted by atomic mass is 35.5. The Kier molecular flexibility index (Phi) is 8.81. The van der Waals surface area contributed by atoms with Gasteiger partial charge in [0, 0.05) is 43.5 Å². The van der Waals surface area contributed by atoms with Gasteiger partial charge in [-0.1, -0.05) is 18.2 Å². The number of ether oxygens (including phenoxy) is 2. The Balaban J connectivity index is 0.00000312. The maximum atomic E-state index is 12.2. The number of benzene rings is 2. The summed E-state index contributed by atoms with van der Waals surface area (Å²) in [7, 11) is 1.67. The number of rotatable bonds is 8. The van der Waals surface area contributed by atoms with Gasteiger partial charge in [0.25, 0.3) is 5.91 Å². The Bertz CT molecular complexity index is 692. The Hall–Kier alpha value is -2.24. The number of methoxy groups -OCH3 is 1. The van der Waals surface area contributed by atoms with Crippen LogP contribution < -0.4 is 15.8 Å². The number of anilines is 1. The largest absolute Gasteiger partial charge is 0.493 e. The molecule has 0 unspecified atom stereocenters. The normalized spacial score (nSPS) is 10.0. The molecule has 25 heavy (non-hydrogen) atoms. The fourth-order valence-corrected chi connectivity index (χ4v) is 2.29. The number of aryl methyl sites for hydroxylation is 1. The summed E-state index contributed by atoms with van der Waals surface area (Å²) in [5, 5.41) is 2.90. The van der Waals surface area contributed by atoms with Gasteiger partial charge in [-0.25, -0.2) is 0 Å². The van der Waals surface area contributed by atoms with Gasteiger partial charge in [-0.3, -0.25) is 4.79 Å². The molecule has 0 heterocycles. The summed E-state index contributed by atoms with van der Waals surface area (Å²) >= 11 is 0. The Morgan fingerprint density at radius 2 is 1.96 bits per heavy atom. The lowest BCUT2D eigenvalue weighted by Gasteiger charge is -2.13. The van der Waals surface area contributed by atoms with Crippen LogP contribution in [0.4, 0.5) is 5.69 Å². The zero-order valence-corrected chi connectivity index (χ0v) is 15.4. The molecule has 0 aliphatic carbocycles. The maximum Gasteiger partial charge on any atom is 0.251 e. The van der Waals surface area contributed by atoms with Crippen molar-refractivity contribution < 1.29 is 14.3 Å². The van der Waals surface area contributed by atoms with Crippen LogP contribution in [0.25, 0.3) is 0 Å². The minimum atomic E-state index is -0.159. The van der Waals surface area contributed by atoms with Crippen molar-refractivity contribution in [1.82, 2.24) is 5.32 Å². The van der Waals surface area contributed by atoms with E-state index in [4.69, 9.17) is 15.2 Å². The van der Waals surface area contributed by atoms with Crippen molar-refractivity contribution >= 4 is 24.0 Å². The van der Waals surface area contributed by atoms with Gasteiger partial charge in [-0.15, -0.1) is 12.4 Å². The number of hydrogen-bond donors (Lipinski definition) is 2. The third-order valence-corrected chi connectivity index (χ3v) is 3.56. The van der Waals surface area contributed by atoms with E-state index in [-0.39, 0.29) is 18.3 Å². The van der Waals surface area contributed by atoms with Gasteiger partial charge in [0.15, 0.2) is 0 Å². The van der Waals surface area contributed by atoms with Gasteiger partial charge in [0.2, 0.25) is 0 Å². The quantitative estimate of drug-likeness (QED) is 0.556. The average Bonchev–Trinajstić information content (AvgIpc) is 2.57. The van der Waals surface area contributed by atoms with Crippen molar-refractivity contribution in [3.63, 3.8) is 0 Å². The topological polar surface area (TPSA) is 73.6 Å². The molecule has 0 radical (unpaired) electrons. The molecular formula is C19H25ClN2O3. The minimum absolute atomic E-state index is 0. The highest BCUT2D eigenvalue weighted by Crippen LogP contribution is 2.21. The standard InChI is InChI=1S/C19H24N2O3.ClH/c1-14-7-8-16(18(11-14)24-10-4-9-23-2)13-21-19(22)15-5-3-6-17(20)12-15;/h3,5-8,11-12H,4,9-10,13,20H2,1-2H3,(H,21,22);1H. The first-order valence-electron chi connectivity index (χ1n) is 7.95. The third kappa shape index (κ3) is 6.64. The van der Waals surface area contributed by atoms with E-state index >= 15 is 0 Å². The molecule has 0 aliphatic rings. The zero-order valence-electron chi connectivity index (χ0n) is 14.6. The summed E-state index contributed by atoms with van der Waals surface area (Å²) in [6.45, 7) is 3.64. The monoisotopic (exact) mass is 364 g/mol. The van der Waals surface area contributed by atoms with E-state index in [1.807, 2.05) is 25.1 Å². The summed E-state index contributed by atoms with van der Waals surface area (Å²) in [4.78, 5) is 12.2. The van der Waals surface area contributed by atoms with Gasteiger partial charge in [-0.05, 0) is 36.8 Å². The molecule has 2 aromatic rings. The van der Waals surface area contributed by atoms with E-state index in [2.05, 4.69) is 5.32 Å². The first-order valence-corrected chi connectivity index (χ1v) is 7.95. The molecule has 0 bridgehead atoms. The van der Waals surface area contributed by atoms with E-state index in [0.29, 0.717) is 31.0 Å². The molecule has 0 saturated heterocycles. The van der Waals surface area contributed by atoms with E-state index in [9.17, 15) is 4.79 Å². The molecule has 0 aromatic heterocycles. The van der Waals surface area contributed by atoms with Crippen molar-refractivity contribution in [3.05, 3.63) is 59.2 Å². The van der Waals surface area contributed by atoms with Crippen LogP contribution in [0.2, 0.25) is 0 Å². The number of nitrogens with two attached hydrogens (primary N) is 1. The number of nitrogen functional groups attached to an aromatic ring is 1. The molecule has 6 heteroatoms. The maximum absolute atomic E-state index is 12.2. The van der Waals surface area contributed by atoms with Crippen LogP contribution >= 0.6 is 12.4 Å². The molecule has 0 atom stereocenters. The lowest BCUT2D eigenvalue weighted by Crippen LogP contribution is -2.23. The smallest absolute Gasteiger partial charge is 0.251 e. The molecule has 0 saturated carbocycles. The van der Waals surface area contributed by atoms with Gasteiger partial charge in [-0.2, -0.15) is 0 Å². The second-order valence-corrected chi connectivity index (χ2v) is 5.61. The number of halogens is 1. The SMILES string of the molecule is COCCCOc1cc(C)ccc1CNC(=O)c1cccc(N)c1.Cl. The second kappa shape index (κ2) is 10.6. The molecule has 2 aromatic carbocycles. The molecule has 0 spiro atoms. The molecule has 2 rings (SSSR count). The Labute approximate surface area is 154 Å². The van der Waals surface area contributed by atoms with Crippen LogP contribution in [0.5, 0.6) is 5.75 Å². The molecule has 0 fully saturated rings. The van der Waals surface area contributed by atoms with Crippen molar-refractivity contribution in [3.8, 4) is 5.75 Å². The van der Waals surface area contributed by atoms with Crippen LogP contribution in [0.1, 0.15) is 27.9 Å². The van der Waals surface area contributed by atoms with Crippen molar-refractivity contribution in [1.29, 1.82) is 0 Å². The molecule has 136 valence electrons. The van der Waals surface area contributed by atoms with Crippen LogP contribution in [-0.2, 0) is 11.3 Å². The van der Waals surface area contributed by atoms with Gasteiger partial charge >= 0.3 is 0 Å². The highest BCUT2D eigenvalue weighted by molar-refractivity contribution is 5.94. The minimum Gasteiger partial charge on any atom is -0.493 e. The van der Waals surface area contributed by atoms with Crippen molar-refractivity contribution in [2.75, 3.05) is 26.1 Å². The predicted octanol–water partition coefficient (Wildman–Crippen LogP) is 3.34. The molecule has 3 N–H and O–H groups in total. The van der Waals surface area contributed by atoms with Gasteiger partial charge in [0.1, 0.15) is 5.75 Å². The summed E-state index contributed by atoms with van der Waals surface area (Å²) < 4.78 is 10.8. The summed E-state index contributed by atoms with van der Waals surface area (Å²) in [5.41, 5.74) is 8.88. The molecule has 0 aliphatic heterocycles. The van der Waals surface area contributed by atoms with E-state index < -0.39 is 0 Å².